The lowest BCUT2D eigenvalue weighted by atomic mass is 9.79. The van der Waals surface area contributed by atoms with Crippen LogP contribution >= 0.6 is 0 Å². The van der Waals surface area contributed by atoms with E-state index >= 15 is 0 Å². The summed E-state index contributed by atoms with van der Waals surface area (Å²) in [5, 5.41) is 0. The summed E-state index contributed by atoms with van der Waals surface area (Å²) in [7, 11) is 0. The molecule has 6 rings (SSSR count). The molecular weight excluding hydrogens is 773 g/mol. The largest absolute Gasteiger partial charge is 0.457 e. The van der Waals surface area contributed by atoms with Gasteiger partial charge < -0.3 is 42.6 Å². The SMILES string of the molecule is CC(=O)OC1O[C@H]([C@@H]2O[C@H](COCc3ccccc3)[C@@H](OCc3ccccc3)[C@H](OCc3ccccc3)[C@H]2OCc2ccccc2)[C@@H](C(C)=O)[C@H](OC(C)=O)[C@H]1OC(C)=O. The van der Waals surface area contributed by atoms with E-state index in [0.29, 0.717) is 0 Å². The number of hydrogen-bond acceptors (Lipinski definition) is 13. The second-order valence-corrected chi connectivity index (χ2v) is 14.8. The van der Waals surface area contributed by atoms with Crippen molar-refractivity contribution in [1.82, 2.24) is 0 Å². The first-order valence-corrected chi connectivity index (χ1v) is 20.0. The molecule has 10 atom stereocenters. The molecule has 2 aliphatic heterocycles. The Morgan fingerprint density at radius 3 is 1.32 bits per heavy atom. The number of benzene rings is 4. The van der Waals surface area contributed by atoms with Crippen molar-refractivity contribution in [1.29, 1.82) is 0 Å². The molecule has 0 aromatic heterocycles. The van der Waals surface area contributed by atoms with Crippen molar-refractivity contribution < 1.29 is 61.8 Å². The van der Waals surface area contributed by atoms with Crippen molar-refractivity contribution in [2.45, 2.75) is 109 Å². The van der Waals surface area contributed by atoms with E-state index in [1.807, 2.05) is 121 Å². The monoisotopic (exact) mass is 824 g/mol. The number of hydrogen-bond donors (Lipinski definition) is 0. The number of rotatable bonds is 18. The van der Waals surface area contributed by atoms with Crippen molar-refractivity contribution in [3.63, 3.8) is 0 Å². The molecule has 0 N–H and O–H groups in total. The van der Waals surface area contributed by atoms with E-state index in [-0.39, 0.29) is 33.0 Å². The van der Waals surface area contributed by atoms with Gasteiger partial charge in [0.25, 0.3) is 0 Å². The molecule has 1 unspecified atom stereocenters. The fourth-order valence-electron chi connectivity index (χ4n) is 7.60. The summed E-state index contributed by atoms with van der Waals surface area (Å²) in [6.07, 6.45) is -10.7. The Balaban J connectivity index is 1.46. The standard InChI is InChI=1S/C47H52O13/c1-30(48)39-41(60-47(58-33(4)51)46(57-32(3)50)42(39)56-31(2)49)45-44(55-28-37-23-15-8-16-24-37)43(54-27-36-21-13-7-14-22-36)40(53-26-35-19-11-6-12-20-35)38(59-45)29-52-25-34-17-9-5-10-18-34/h5-24,38-47H,25-29H2,1-4H3/t38-,39-,40-,41+,42+,43+,44-,45+,46-,47?/m1/s1. The van der Waals surface area contributed by atoms with Crippen molar-refractivity contribution in [2.24, 2.45) is 5.92 Å². The highest BCUT2D eigenvalue weighted by Gasteiger charge is 2.60. The van der Waals surface area contributed by atoms with E-state index in [2.05, 4.69) is 0 Å². The summed E-state index contributed by atoms with van der Waals surface area (Å²) in [4.78, 5) is 51.6. The van der Waals surface area contributed by atoms with Gasteiger partial charge in [0.15, 0.2) is 6.10 Å². The summed E-state index contributed by atoms with van der Waals surface area (Å²) in [5.41, 5.74) is 3.56. The van der Waals surface area contributed by atoms with Gasteiger partial charge in [-0.1, -0.05) is 121 Å². The van der Waals surface area contributed by atoms with E-state index in [1.165, 1.54) is 13.8 Å². The van der Waals surface area contributed by atoms with Gasteiger partial charge in [-0.25, -0.2) is 0 Å². The summed E-state index contributed by atoms with van der Waals surface area (Å²) in [6.45, 7) is 5.47. The van der Waals surface area contributed by atoms with Gasteiger partial charge in [-0.3, -0.25) is 19.2 Å². The summed E-state index contributed by atoms with van der Waals surface area (Å²) >= 11 is 0. The first-order valence-electron chi connectivity index (χ1n) is 20.0. The quantitative estimate of drug-likeness (QED) is 0.0843. The highest BCUT2D eigenvalue weighted by molar-refractivity contribution is 5.81. The third kappa shape index (κ3) is 12.2. The molecule has 13 nitrogen and oxygen atoms in total. The van der Waals surface area contributed by atoms with Crippen LogP contribution in [0.15, 0.2) is 121 Å². The molecule has 0 radical (unpaired) electrons. The van der Waals surface area contributed by atoms with Crippen molar-refractivity contribution in [2.75, 3.05) is 6.61 Å². The molecule has 318 valence electrons. The van der Waals surface area contributed by atoms with Gasteiger partial charge in [-0.2, -0.15) is 0 Å². The summed E-state index contributed by atoms with van der Waals surface area (Å²) < 4.78 is 57.3. The number of carbonyl (C=O) groups excluding carboxylic acids is 4. The first-order chi connectivity index (χ1) is 29.1. The van der Waals surface area contributed by atoms with E-state index in [0.717, 1.165) is 36.1 Å². The molecule has 4 aromatic carbocycles. The molecule has 2 saturated heterocycles. The Kier molecular flexibility index (Phi) is 16.1. The Labute approximate surface area is 350 Å². The molecule has 2 fully saturated rings. The number of esters is 3. The Bertz CT molecular complexity index is 1960. The highest BCUT2D eigenvalue weighted by atomic mass is 16.7. The molecular formula is C47H52O13. The molecule has 2 heterocycles. The topological polar surface area (TPSA) is 151 Å². The number of carbonyl (C=O) groups is 4. The Morgan fingerprint density at radius 2 is 0.867 bits per heavy atom. The van der Waals surface area contributed by atoms with Crippen LogP contribution in [-0.2, 0) is 88.2 Å². The zero-order valence-corrected chi connectivity index (χ0v) is 34.2. The maximum Gasteiger partial charge on any atom is 0.305 e. The van der Waals surface area contributed by atoms with Crippen molar-refractivity contribution >= 4 is 23.7 Å². The minimum absolute atomic E-state index is 0.00966. The third-order valence-electron chi connectivity index (χ3n) is 10.2. The van der Waals surface area contributed by atoms with Crippen molar-refractivity contribution in [3.05, 3.63) is 144 Å². The zero-order chi connectivity index (χ0) is 42.4. The normalized spacial score (nSPS) is 26.4. The zero-order valence-electron chi connectivity index (χ0n) is 34.2. The van der Waals surface area contributed by atoms with Crippen LogP contribution in [0.1, 0.15) is 49.9 Å². The van der Waals surface area contributed by atoms with Crippen LogP contribution in [-0.4, -0.2) is 85.4 Å². The smallest absolute Gasteiger partial charge is 0.305 e. The first kappa shape index (κ1) is 44.3. The minimum atomic E-state index is -1.61. The van der Waals surface area contributed by atoms with Gasteiger partial charge in [0.05, 0.1) is 39.0 Å². The molecule has 0 aliphatic carbocycles. The van der Waals surface area contributed by atoms with E-state index in [1.54, 1.807) is 0 Å². The van der Waals surface area contributed by atoms with Gasteiger partial charge in [-0.15, -0.1) is 0 Å². The number of Topliss-reactive ketones (excluding diaryl/α,β-unsaturated/α-hetero) is 1. The second-order valence-electron chi connectivity index (χ2n) is 14.8. The van der Waals surface area contributed by atoms with E-state index < -0.39 is 84.7 Å². The molecule has 0 bridgehead atoms. The summed E-state index contributed by atoms with van der Waals surface area (Å²) in [6, 6.07) is 38.4. The molecule has 13 heteroatoms. The lowest BCUT2D eigenvalue weighted by molar-refractivity contribution is -0.333. The summed E-state index contributed by atoms with van der Waals surface area (Å²) in [5.74, 6) is -4.10. The molecule has 0 amide bonds. The molecule has 2 aliphatic rings. The lowest BCUT2D eigenvalue weighted by Crippen LogP contribution is -2.69. The second kappa shape index (κ2) is 21.8. The van der Waals surface area contributed by atoms with Crippen LogP contribution < -0.4 is 0 Å². The van der Waals surface area contributed by atoms with Crippen LogP contribution in [0.2, 0.25) is 0 Å². The van der Waals surface area contributed by atoms with Crippen LogP contribution in [0, 0.1) is 5.92 Å². The van der Waals surface area contributed by atoms with Crippen molar-refractivity contribution in [3.8, 4) is 0 Å². The predicted molar refractivity (Wildman–Crippen MR) is 216 cm³/mol. The van der Waals surface area contributed by atoms with Crippen LogP contribution in [0.3, 0.4) is 0 Å². The molecule has 60 heavy (non-hydrogen) atoms. The third-order valence-corrected chi connectivity index (χ3v) is 10.2. The fourth-order valence-corrected chi connectivity index (χ4v) is 7.60. The molecule has 0 saturated carbocycles. The highest BCUT2D eigenvalue weighted by Crippen LogP contribution is 2.41. The molecule has 0 spiro atoms. The average molecular weight is 825 g/mol. The van der Waals surface area contributed by atoms with Gasteiger partial charge >= 0.3 is 17.9 Å². The van der Waals surface area contributed by atoms with Gasteiger partial charge in [-0.05, 0) is 29.2 Å². The lowest BCUT2D eigenvalue weighted by Gasteiger charge is -2.52. The predicted octanol–water partition coefficient (Wildman–Crippen LogP) is 6.08. The van der Waals surface area contributed by atoms with Gasteiger partial charge in [0, 0.05) is 20.8 Å². The number of ketones is 1. The van der Waals surface area contributed by atoms with Gasteiger partial charge in [0.1, 0.15) is 42.4 Å². The maximum atomic E-state index is 13.9. The minimum Gasteiger partial charge on any atom is -0.457 e. The maximum absolute atomic E-state index is 13.9. The Hall–Kier alpha value is -5.28. The Morgan fingerprint density at radius 1 is 0.450 bits per heavy atom. The van der Waals surface area contributed by atoms with E-state index in [9.17, 15) is 19.2 Å². The number of ether oxygens (including phenoxy) is 9. The van der Waals surface area contributed by atoms with Gasteiger partial charge in [0.2, 0.25) is 12.4 Å². The molecule has 4 aromatic rings. The van der Waals surface area contributed by atoms with Crippen LogP contribution in [0.4, 0.5) is 0 Å². The average Bonchev–Trinajstić information content (AvgIpc) is 3.23. The van der Waals surface area contributed by atoms with Crippen LogP contribution in [0.25, 0.3) is 0 Å². The fraction of sp³-hybridized carbons (Fsp3) is 0.404. The van der Waals surface area contributed by atoms with E-state index in [4.69, 9.17) is 42.6 Å². The van der Waals surface area contributed by atoms with Crippen LogP contribution in [0.5, 0.6) is 0 Å².